The highest BCUT2D eigenvalue weighted by molar-refractivity contribution is 4.90. The summed E-state index contributed by atoms with van der Waals surface area (Å²) in [5.41, 5.74) is 1.61. The van der Waals surface area contributed by atoms with E-state index in [1.54, 1.807) is 0 Å². The molecule has 6 unspecified atom stereocenters. The minimum absolute atomic E-state index is 0.796. The first-order valence-electron chi connectivity index (χ1n) is 24.6. The molecule has 2 spiro atoms. The lowest BCUT2D eigenvalue weighted by Gasteiger charge is -2.43. The molecule has 0 bridgehead atoms. The Morgan fingerprint density at radius 1 is 0.259 bits per heavy atom. The second-order valence-electron chi connectivity index (χ2n) is 21.8. The van der Waals surface area contributed by atoms with Crippen LogP contribution in [0.25, 0.3) is 0 Å². The summed E-state index contributed by atoms with van der Waals surface area (Å²) >= 11 is 0. The maximum absolute atomic E-state index is 2.51. The van der Waals surface area contributed by atoms with Gasteiger partial charge < -0.3 is 24.5 Å². The van der Waals surface area contributed by atoms with Crippen molar-refractivity contribution >= 4 is 0 Å². The normalized spacial score (nSPS) is 36.8. The van der Waals surface area contributed by atoms with E-state index < -0.39 is 0 Å². The van der Waals surface area contributed by atoms with Crippen molar-refractivity contribution < 1.29 is 0 Å². The van der Waals surface area contributed by atoms with Crippen molar-refractivity contribution in [1.82, 2.24) is 24.5 Å². The fraction of sp³-hybridized carbons (Fsp3) is 1.00. The molecule has 54 heavy (non-hydrogen) atoms. The van der Waals surface area contributed by atoms with E-state index in [4.69, 9.17) is 0 Å². The molecule has 0 N–H and O–H groups in total. The van der Waals surface area contributed by atoms with Gasteiger partial charge in [-0.1, -0.05) is 77.0 Å². The largest absolute Gasteiger partial charge is 0.306 e. The molecule has 5 aliphatic heterocycles. The average molecular weight is 752 g/mol. The van der Waals surface area contributed by atoms with E-state index in [2.05, 4.69) is 59.7 Å². The molecule has 314 valence electrons. The highest BCUT2D eigenvalue weighted by Crippen LogP contribution is 2.46. The number of rotatable bonds is 0. The maximum Gasteiger partial charge on any atom is 0.000985 e. The van der Waals surface area contributed by atoms with Crippen molar-refractivity contribution in [2.45, 2.75) is 167 Å². The van der Waals surface area contributed by atoms with E-state index in [9.17, 15) is 0 Å². The van der Waals surface area contributed by atoms with Crippen molar-refractivity contribution in [2.24, 2.45) is 46.3 Å². The zero-order chi connectivity index (χ0) is 37.8. The first kappa shape index (κ1) is 43.4. The second-order valence-corrected chi connectivity index (χ2v) is 21.8. The summed E-state index contributed by atoms with van der Waals surface area (Å²) in [5, 5.41) is 0. The van der Waals surface area contributed by atoms with Crippen LogP contribution >= 0.6 is 0 Å². The monoisotopic (exact) mass is 752 g/mol. The molecule has 0 aromatic carbocycles. The minimum Gasteiger partial charge on any atom is -0.306 e. The predicted octanol–water partition coefficient (Wildman–Crippen LogP) is 10.5. The summed E-state index contributed by atoms with van der Waals surface area (Å²) in [6, 6.07) is 0. The van der Waals surface area contributed by atoms with Crippen LogP contribution in [0.1, 0.15) is 167 Å². The Bertz CT molecular complexity index is 1000. The molecule has 5 saturated heterocycles. The lowest BCUT2D eigenvalue weighted by Crippen LogP contribution is -2.39. The van der Waals surface area contributed by atoms with E-state index in [-0.39, 0.29) is 0 Å². The highest BCUT2D eigenvalue weighted by atomic mass is 15.1. The molecule has 5 aliphatic carbocycles. The van der Waals surface area contributed by atoms with Crippen LogP contribution < -0.4 is 0 Å². The summed E-state index contributed by atoms with van der Waals surface area (Å²) in [7, 11) is 11.3. The molecule has 0 amide bonds. The Kier molecular flexibility index (Phi) is 17.4. The molecule has 10 rings (SSSR count). The molecule has 0 aromatic rings. The third-order valence-corrected chi connectivity index (χ3v) is 17.6. The molecule has 10 fully saturated rings. The molecule has 5 heterocycles. The number of nitrogens with zero attached hydrogens (tertiary/aromatic N) is 5. The Hall–Kier alpha value is -0.200. The topological polar surface area (TPSA) is 16.2 Å². The molecule has 0 radical (unpaired) electrons. The van der Waals surface area contributed by atoms with Gasteiger partial charge in [0.2, 0.25) is 0 Å². The minimum atomic E-state index is 0.796. The third kappa shape index (κ3) is 13.2. The van der Waals surface area contributed by atoms with Crippen molar-refractivity contribution in [2.75, 3.05) is 101 Å². The molecule has 5 nitrogen and oxygen atoms in total. The van der Waals surface area contributed by atoms with Crippen LogP contribution in [0.4, 0.5) is 0 Å². The summed E-state index contributed by atoms with van der Waals surface area (Å²) < 4.78 is 0. The van der Waals surface area contributed by atoms with Gasteiger partial charge in [0.15, 0.2) is 0 Å². The van der Waals surface area contributed by atoms with Gasteiger partial charge in [-0.05, 0) is 211 Å². The zero-order valence-electron chi connectivity index (χ0n) is 37.2. The Morgan fingerprint density at radius 3 is 1.00 bits per heavy atom. The van der Waals surface area contributed by atoms with E-state index in [0.717, 1.165) is 46.3 Å². The lowest BCUT2D eigenvalue weighted by molar-refractivity contribution is 0.0807. The van der Waals surface area contributed by atoms with E-state index >= 15 is 0 Å². The molecule has 5 heteroatoms. The second kappa shape index (κ2) is 21.7. The van der Waals surface area contributed by atoms with E-state index in [0.29, 0.717) is 0 Å². The number of hydrogen-bond acceptors (Lipinski definition) is 5. The number of hydrogen-bond donors (Lipinski definition) is 0. The predicted molar refractivity (Wildman–Crippen MR) is 233 cm³/mol. The highest BCUT2D eigenvalue weighted by Gasteiger charge is 2.37. The van der Waals surface area contributed by atoms with Crippen LogP contribution in [0.2, 0.25) is 0 Å². The molecule has 5 saturated carbocycles. The Balaban J connectivity index is 0.000000115. The van der Waals surface area contributed by atoms with Gasteiger partial charge in [0, 0.05) is 26.2 Å². The summed E-state index contributed by atoms with van der Waals surface area (Å²) in [6.45, 7) is 13.6. The average Bonchev–Trinajstić information content (AvgIpc) is 3.95. The van der Waals surface area contributed by atoms with Gasteiger partial charge in [-0.15, -0.1) is 0 Å². The summed E-state index contributed by atoms with van der Waals surface area (Å²) in [5.74, 6) is 6.47. The van der Waals surface area contributed by atoms with Gasteiger partial charge in [0.1, 0.15) is 0 Å². The van der Waals surface area contributed by atoms with Crippen LogP contribution in [-0.4, -0.2) is 125 Å². The van der Waals surface area contributed by atoms with Crippen LogP contribution in [0, 0.1) is 46.3 Å². The van der Waals surface area contributed by atoms with Crippen molar-refractivity contribution in [3.05, 3.63) is 0 Å². The third-order valence-electron chi connectivity index (χ3n) is 17.6. The molecule has 6 atom stereocenters. The number of piperidine rings is 4. The fourth-order valence-electron chi connectivity index (χ4n) is 13.6. The van der Waals surface area contributed by atoms with Crippen molar-refractivity contribution in [1.29, 1.82) is 0 Å². The Labute approximate surface area is 337 Å². The van der Waals surface area contributed by atoms with E-state index in [1.807, 2.05) is 0 Å². The maximum atomic E-state index is 2.51. The van der Waals surface area contributed by atoms with Gasteiger partial charge in [0.25, 0.3) is 0 Å². The molecule has 10 aliphatic rings. The number of fused-ring (bicyclic) bond motifs is 3. The van der Waals surface area contributed by atoms with Gasteiger partial charge in [-0.2, -0.15) is 0 Å². The standard InChI is InChI=1S/C11H21N.2C10H19N.2C9H17N/c1-12-9-7-11(8-10-12)5-3-2-4-6-11;1-11-8-6-10(7-9-11)4-2-3-5-10;1-11-7-6-9-4-2-3-5-10(9)8-11;1-10-6-5-8-3-2-4-9(8)7-10;1-10-6-8-4-2-3-5-9(8)7-10/h2-10H2,1H3;2-9H2,1H3;9-10H,2-8H2,1H3;2*8-9H,2-7H2,1H3. The first-order chi connectivity index (χ1) is 26.2. The fourth-order valence-corrected chi connectivity index (χ4v) is 13.6. The van der Waals surface area contributed by atoms with Gasteiger partial charge >= 0.3 is 0 Å². The van der Waals surface area contributed by atoms with Crippen molar-refractivity contribution in [3.8, 4) is 0 Å². The quantitative estimate of drug-likeness (QED) is 0.244. The van der Waals surface area contributed by atoms with Gasteiger partial charge in [-0.25, -0.2) is 0 Å². The SMILES string of the molecule is CN1CC2CCCCC2C1.CN1CCC2(CCCC2)CC1.CN1CCC2(CCCCC2)CC1.CN1CCC2CCCC2C1.CN1CCC2CCCCC2C1. The lowest BCUT2D eigenvalue weighted by atomic mass is 9.68. The van der Waals surface area contributed by atoms with Crippen LogP contribution in [0.15, 0.2) is 0 Å². The molecular weight excluding hydrogens is 659 g/mol. The van der Waals surface area contributed by atoms with Crippen LogP contribution in [0.3, 0.4) is 0 Å². The first-order valence-corrected chi connectivity index (χ1v) is 24.6. The smallest absolute Gasteiger partial charge is 0.000985 e. The van der Waals surface area contributed by atoms with E-state index in [1.165, 1.54) is 232 Å². The summed E-state index contributed by atoms with van der Waals surface area (Å²) in [4.78, 5) is 12.5. The van der Waals surface area contributed by atoms with Crippen LogP contribution in [0.5, 0.6) is 0 Å². The Morgan fingerprint density at radius 2 is 0.574 bits per heavy atom. The van der Waals surface area contributed by atoms with Gasteiger partial charge in [0.05, 0.1) is 0 Å². The zero-order valence-corrected chi connectivity index (χ0v) is 37.2. The van der Waals surface area contributed by atoms with Gasteiger partial charge in [-0.3, -0.25) is 0 Å². The number of likely N-dealkylation sites (tertiary alicyclic amines) is 5. The van der Waals surface area contributed by atoms with Crippen molar-refractivity contribution in [3.63, 3.8) is 0 Å². The molecule has 0 aromatic heterocycles. The van der Waals surface area contributed by atoms with Crippen LogP contribution in [-0.2, 0) is 0 Å². The summed E-state index contributed by atoms with van der Waals surface area (Å²) in [6.07, 6.45) is 39.1. The molecular formula is C49H93N5.